The zero-order valence-electron chi connectivity index (χ0n) is 18.6. The molecule has 3 N–H and O–H groups in total. The number of hydrogen-bond donors (Lipinski definition) is 3. The molecule has 2 aromatic heterocycles. The van der Waals surface area contributed by atoms with Gasteiger partial charge in [-0.05, 0) is 70.2 Å². The van der Waals surface area contributed by atoms with Crippen LogP contribution in [0, 0.1) is 0 Å². The fourth-order valence-corrected chi connectivity index (χ4v) is 6.11. The molecule has 2 heterocycles. The van der Waals surface area contributed by atoms with Gasteiger partial charge in [-0.1, -0.05) is 45.2 Å². The van der Waals surface area contributed by atoms with Crippen molar-refractivity contribution in [3.63, 3.8) is 0 Å². The van der Waals surface area contributed by atoms with E-state index < -0.39 is 0 Å². The average Bonchev–Trinajstić information content (AvgIpc) is 3.29. The van der Waals surface area contributed by atoms with E-state index in [1.807, 2.05) is 29.6 Å². The molecule has 0 unspecified atom stereocenters. The van der Waals surface area contributed by atoms with Crippen LogP contribution in [0.3, 0.4) is 0 Å². The Hall–Kier alpha value is -1.55. The fourth-order valence-electron chi connectivity index (χ4n) is 3.60. The predicted molar refractivity (Wildman–Crippen MR) is 155 cm³/mol. The highest BCUT2D eigenvalue weighted by atomic mass is 79.9. The maximum absolute atomic E-state index is 12.1. The van der Waals surface area contributed by atoms with Crippen LogP contribution in [0.5, 0.6) is 5.75 Å². The molecule has 10 heteroatoms. The van der Waals surface area contributed by atoms with Crippen molar-refractivity contribution in [1.29, 1.82) is 0 Å². The molecule has 0 amide bonds. The number of thiophene rings is 1. The van der Waals surface area contributed by atoms with Crippen LogP contribution in [-0.2, 0) is 13.0 Å². The molecule has 4 rings (SSSR count). The first-order valence-electron chi connectivity index (χ1n) is 11.0. The summed E-state index contributed by atoms with van der Waals surface area (Å²) >= 11 is 20.8. The number of aromatic nitrogens is 1. The van der Waals surface area contributed by atoms with Crippen LogP contribution in [0.25, 0.3) is 10.2 Å². The number of ether oxygens (including phenoxy) is 1. The number of fused-ring (bicyclic) bond motifs is 1. The summed E-state index contributed by atoms with van der Waals surface area (Å²) in [4.78, 5) is 15.4. The van der Waals surface area contributed by atoms with E-state index >= 15 is 0 Å². The topological polar surface area (TPSA) is 66.2 Å². The minimum absolute atomic E-state index is 0.0429. The third-order valence-electron chi connectivity index (χ3n) is 5.30. The number of benzene rings is 2. The van der Waals surface area contributed by atoms with E-state index in [2.05, 4.69) is 53.5 Å². The van der Waals surface area contributed by atoms with E-state index in [-0.39, 0.29) is 5.43 Å². The van der Waals surface area contributed by atoms with E-state index in [1.165, 1.54) is 11.3 Å². The molecule has 0 radical (unpaired) electrons. The first-order chi connectivity index (χ1) is 16.9. The van der Waals surface area contributed by atoms with Gasteiger partial charge >= 0.3 is 0 Å². The number of H-pyrrole nitrogens is 1. The first-order valence-corrected chi connectivity index (χ1v) is 14.2. The van der Waals surface area contributed by atoms with E-state index in [1.54, 1.807) is 12.1 Å². The molecule has 2 aromatic carbocycles. The third-order valence-corrected chi connectivity index (χ3v) is 8.02. The highest BCUT2D eigenvalue weighted by molar-refractivity contribution is 9.11. The molecule has 0 aliphatic heterocycles. The third kappa shape index (κ3) is 7.24. The summed E-state index contributed by atoms with van der Waals surface area (Å²) in [7, 11) is 0. The smallest absolute Gasteiger partial charge is 0.201 e. The largest absolute Gasteiger partial charge is 0.492 e. The Labute approximate surface area is 234 Å². The van der Waals surface area contributed by atoms with Gasteiger partial charge in [0.2, 0.25) is 5.43 Å². The van der Waals surface area contributed by atoms with Crippen molar-refractivity contribution in [3.05, 3.63) is 88.2 Å². The van der Waals surface area contributed by atoms with Gasteiger partial charge in [-0.2, -0.15) is 0 Å². The zero-order chi connectivity index (χ0) is 24.8. The molecule has 4 aromatic rings. The number of nitrogens with one attached hydrogen (secondary N) is 3. The molecule has 35 heavy (non-hydrogen) atoms. The summed E-state index contributed by atoms with van der Waals surface area (Å²) in [5.41, 5.74) is 3.04. The Morgan fingerprint density at radius 3 is 2.71 bits per heavy atom. The van der Waals surface area contributed by atoms with Crippen LogP contribution in [0.4, 0.5) is 5.82 Å². The van der Waals surface area contributed by atoms with Gasteiger partial charge in [0, 0.05) is 35.6 Å². The minimum Gasteiger partial charge on any atom is -0.492 e. The molecule has 0 bridgehead atoms. The van der Waals surface area contributed by atoms with Crippen molar-refractivity contribution in [2.45, 2.75) is 19.4 Å². The van der Waals surface area contributed by atoms with Crippen molar-refractivity contribution in [2.75, 3.05) is 25.0 Å². The van der Waals surface area contributed by atoms with Gasteiger partial charge in [-0.15, -0.1) is 11.3 Å². The number of hydrogen-bond acceptors (Lipinski definition) is 5. The van der Waals surface area contributed by atoms with Gasteiger partial charge in [0.05, 0.1) is 31.3 Å². The van der Waals surface area contributed by atoms with Gasteiger partial charge < -0.3 is 20.4 Å². The standard InChI is InChI=1S/C25H23Br2Cl2N3O2S/c26-17-11-16(24(18(27)12-17)34-8-4-15-2-3-19(28)20(29)10-15)14-30-6-1-7-31-23-13-22(33)25-21(32-23)5-9-35-25/h2-3,5,9-13,30H,1,4,6-8,14H2,(H2,31,32,33). The molecular formula is C25H23Br2Cl2N3O2S. The Morgan fingerprint density at radius 2 is 1.89 bits per heavy atom. The van der Waals surface area contributed by atoms with Crippen molar-refractivity contribution in [3.8, 4) is 5.75 Å². The van der Waals surface area contributed by atoms with Crippen molar-refractivity contribution >= 4 is 82.4 Å². The molecular weight excluding hydrogens is 637 g/mol. The second-order valence-electron chi connectivity index (χ2n) is 7.89. The lowest BCUT2D eigenvalue weighted by Crippen LogP contribution is -2.19. The summed E-state index contributed by atoms with van der Waals surface area (Å²) in [5, 5.41) is 9.79. The van der Waals surface area contributed by atoms with E-state index in [9.17, 15) is 4.79 Å². The second-order valence-corrected chi connectivity index (χ2v) is 11.4. The molecule has 0 aliphatic rings. The lowest BCUT2D eigenvalue weighted by Gasteiger charge is -2.15. The molecule has 0 fully saturated rings. The normalized spacial score (nSPS) is 11.2. The molecule has 0 aliphatic carbocycles. The van der Waals surface area contributed by atoms with Crippen LogP contribution in [0.15, 0.2) is 61.6 Å². The average molecular weight is 660 g/mol. The Kier molecular flexibility index (Phi) is 9.55. The lowest BCUT2D eigenvalue weighted by atomic mass is 10.1. The summed E-state index contributed by atoms with van der Waals surface area (Å²) in [6.07, 6.45) is 1.61. The Morgan fingerprint density at radius 1 is 1.03 bits per heavy atom. The number of halogens is 4. The molecule has 184 valence electrons. The molecule has 0 saturated carbocycles. The molecule has 5 nitrogen and oxygen atoms in total. The zero-order valence-corrected chi connectivity index (χ0v) is 24.1. The highest BCUT2D eigenvalue weighted by Crippen LogP contribution is 2.33. The molecule has 0 saturated heterocycles. The van der Waals surface area contributed by atoms with E-state index in [0.29, 0.717) is 23.2 Å². The maximum atomic E-state index is 12.1. The molecule has 0 spiro atoms. The summed E-state index contributed by atoms with van der Waals surface area (Å²) in [6.45, 7) is 2.73. The highest BCUT2D eigenvalue weighted by Gasteiger charge is 2.11. The van der Waals surface area contributed by atoms with Crippen molar-refractivity contribution < 1.29 is 4.74 Å². The summed E-state index contributed by atoms with van der Waals surface area (Å²) in [6, 6.07) is 13.2. The van der Waals surface area contributed by atoms with Crippen molar-refractivity contribution in [2.24, 2.45) is 0 Å². The first kappa shape index (κ1) is 26.5. The number of anilines is 1. The van der Waals surface area contributed by atoms with E-state index in [0.717, 1.165) is 67.8 Å². The quantitative estimate of drug-likeness (QED) is 0.145. The van der Waals surface area contributed by atoms with Gasteiger partial charge in [0.15, 0.2) is 0 Å². The van der Waals surface area contributed by atoms with E-state index in [4.69, 9.17) is 27.9 Å². The number of rotatable bonds is 11. The fraction of sp³-hybridized carbons (Fsp3) is 0.240. The van der Waals surface area contributed by atoms with Crippen molar-refractivity contribution in [1.82, 2.24) is 10.3 Å². The van der Waals surface area contributed by atoms with Gasteiger partial charge in [0.1, 0.15) is 11.6 Å². The lowest BCUT2D eigenvalue weighted by molar-refractivity contribution is 0.315. The maximum Gasteiger partial charge on any atom is 0.201 e. The summed E-state index contributed by atoms with van der Waals surface area (Å²) < 4.78 is 8.78. The van der Waals surface area contributed by atoms with Crippen LogP contribution in [-0.4, -0.2) is 24.7 Å². The van der Waals surface area contributed by atoms with Crippen LogP contribution in [0.2, 0.25) is 10.0 Å². The molecule has 0 atom stereocenters. The van der Waals surface area contributed by atoms with Gasteiger partial charge in [-0.25, -0.2) is 0 Å². The summed E-state index contributed by atoms with van der Waals surface area (Å²) in [5.74, 6) is 1.56. The Bertz CT molecular complexity index is 1380. The monoisotopic (exact) mass is 657 g/mol. The SMILES string of the molecule is O=c1cc(NCCCNCc2cc(Br)cc(Br)c2OCCc2ccc(Cl)c(Cl)c2)[nH]c2ccsc12. The predicted octanol–water partition coefficient (Wildman–Crippen LogP) is 7.63. The van der Waals surface area contributed by atoms with Crippen LogP contribution in [0.1, 0.15) is 17.5 Å². The van der Waals surface area contributed by atoms with Gasteiger partial charge in [-0.3, -0.25) is 4.79 Å². The van der Waals surface area contributed by atoms with Crippen LogP contribution < -0.4 is 20.8 Å². The van der Waals surface area contributed by atoms with Gasteiger partial charge in [0.25, 0.3) is 0 Å². The number of pyridine rings is 1. The second kappa shape index (κ2) is 12.6. The van der Waals surface area contributed by atoms with Crippen LogP contribution >= 0.6 is 66.4 Å². The number of aromatic amines is 1. The Balaban J connectivity index is 1.26. The minimum atomic E-state index is 0.0429.